The molecule has 0 saturated heterocycles. The number of carboxylic acids is 1. The van der Waals surface area contributed by atoms with Crippen LogP contribution in [-0.2, 0) is 13.0 Å². The van der Waals surface area contributed by atoms with Gasteiger partial charge in [0.15, 0.2) is 5.43 Å². The van der Waals surface area contributed by atoms with E-state index in [1.165, 1.54) is 23.4 Å². The van der Waals surface area contributed by atoms with Crippen molar-refractivity contribution < 1.29 is 9.90 Å². The van der Waals surface area contributed by atoms with Crippen LogP contribution in [0.25, 0.3) is 0 Å². The number of carboxylic acid groups (broad SMARTS) is 1. The summed E-state index contributed by atoms with van der Waals surface area (Å²) in [5.74, 6) is -0.770. The predicted molar refractivity (Wildman–Crippen MR) is 70.5 cm³/mol. The Morgan fingerprint density at radius 1 is 1.32 bits per heavy atom. The summed E-state index contributed by atoms with van der Waals surface area (Å²) in [7, 11) is 0. The van der Waals surface area contributed by atoms with E-state index in [9.17, 15) is 9.59 Å². The topological polar surface area (TPSA) is 59.3 Å². The number of nitrogens with zero attached hydrogens (tertiary/aromatic N) is 1. The molecule has 0 fully saturated rings. The van der Waals surface area contributed by atoms with Crippen molar-refractivity contribution >= 4 is 5.97 Å². The molecule has 1 unspecified atom stereocenters. The van der Waals surface area contributed by atoms with Gasteiger partial charge in [-0.2, -0.15) is 0 Å². The molecule has 0 saturated carbocycles. The van der Waals surface area contributed by atoms with E-state index in [1.54, 1.807) is 10.8 Å². The molecule has 2 aromatic rings. The lowest BCUT2D eigenvalue weighted by Gasteiger charge is -2.30. The van der Waals surface area contributed by atoms with Crippen molar-refractivity contribution in [1.29, 1.82) is 0 Å². The second-order valence-corrected chi connectivity index (χ2v) is 4.82. The average Bonchev–Trinajstić information content (AvgIpc) is 2.37. The van der Waals surface area contributed by atoms with Crippen molar-refractivity contribution in [2.45, 2.75) is 18.9 Å². The van der Waals surface area contributed by atoms with Gasteiger partial charge in [-0.3, -0.25) is 4.79 Å². The Bertz CT molecular complexity index is 703. The fourth-order valence-electron chi connectivity index (χ4n) is 2.58. The molecule has 1 atom stereocenters. The average molecular weight is 255 g/mol. The molecule has 1 N–H and O–H groups in total. The van der Waals surface area contributed by atoms with E-state index in [4.69, 9.17) is 5.11 Å². The van der Waals surface area contributed by atoms with Crippen molar-refractivity contribution in [2.75, 3.05) is 0 Å². The maximum Gasteiger partial charge on any atom is 0.341 e. The third-order valence-electron chi connectivity index (χ3n) is 3.60. The number of hydrogen-bond donors (Lipinski definition) is 1. The summed E-state index contributed by atoms with van der Waals surface area (Å²) >= 11 is 0. The van der Waals surface area contributed by atoms with Gasteiger partial charge in [0.25, 0.3) is 0 Å². The Morgan fingerprint density at radius 2 is 2.11 bits per heavy atom. The summed E-state index contributed by atoms with van der Waals surface area (Å²) in [4.78, 5) is 22.3. The minimum absolute atomic E-state index is 0.171. The molecule has 1 aromatic carbocycles. The van der Waals surface area contributed by atoms with Gasteiger partial charge in [0.05, 0.1) is 0 Å². The Balaban J connectivity index is 1.84. The number of aromatic nitrogens is 1. The Kier molecular flexibility index (Phi) is 2.71. The van der Waals surface area contributed by atoms with Crippen LogP contribution in [0.1, 0.15) is 27.4 Å². The lowest BCUT2D eigenvalue weighted by Crippen LogP contribution is -2.24. The smallest absolute Gasteiger partial charge is 0.341 e. The van der Waals surface area contributed by atoms with Crippen molar-refractivity contribution in [1.82, 2.24) is 4.57 Å². The number of fused-ring (bicyclic) bond motifs is 1. The Morgan fingerprint density at radius 3 is 2.84 bits per heavy atom. The molecule has 1 aromatic heterocycles. The SMILES string of the molecule is O=C(O)c1cn(CC2Cc3ccccc32)ccc1=O. The third-order valence-corrected chi connectivity index (χ3v) is 3.60. The number of carbonyl (C=O) groups is 1. The van der Waals surface area contributed by atoms with Gasteiger partial charge in [0, 0.05) is 30.9 Å². The van der Waals surface area contributed by atoms with E-state index >= 15 is 0 Å². The van der Waals surface area contributed by atoms with Crippen LogP contribution in [0.5, 0.6) is 0 Å². The van der Waals surface area contributed by atoms with Gasteiger partial charge in [-0.25, -0.2) is 4.79 Å². The van der Waals surface area contributed by atoms with Crippen LogP contribution in [0.15, 0.2) is 47.5 Å². The quantitative estimate of drug-likeness (QED) is 0.911. The van der Waals surface area contributed by atoms with Crippen LogP contribution < -0.4 is 5.43 Å². The minimum Gasteiger partial charge on any atom is -0.477 e. The van der Waals surface area contributed by atoms with Crippen LogP contribution in [0.3, 0.4) is 0 Å². The fraction of sp³-hybridized carbons (Fsp3) is 0.200. The third kappa shape index (κ3) is 2.05. The summed E-state index contributed by atoms with van der Waals surface area (Å²) in [5.41, 5.74) is 2.05. The highest BCUT2D eigenvalue weighted by molar-refractivity contribution is 5.86. The lowest BCUT2D eigenvalue weighted by atomic mass is 9.77. The maximum atomic E-state index is 11.4. The molecular formula is C15H13NO3. The van der Waals surface area contributed by atoms with Gasteiger partial charge in [-0.15, -0.1) is 0 Å². The molecule has 0 radical (unpaired) electrons. The van der Waals surface area contributed by atoms with E-state index in [0.717, 1.165) is 6.42 Å². The van der Waals surface area contributed by atoms with Crippen LogP contribution >= 0.6 is 0 Å². The molecule has 4 nitrogen and oxygen atoms in total. The van der Waals surface area contributed by atoms with E-state index in [1.807, 2.05) is 12.1 Å². The van der Waals surface area contributed by atoms with Crippen LogP contribution in [0, 0.1) is 0 Å². The highest BCUT2D eigenvalue weighted by Crippen LogP contribution is 2.35. The van der Waals surface area contributed by atoms with E-state index < -0.39 is 11.4 Å². The van der Waals surface area contributed by atoms with E-state index in [2.05, 4.69) is 12.1 Å². The van der Waals surface area contributed by atoms with E-state index in [0.29, 0.717) is 12.5 Å². The van der Waals surface area contributed by atoms with Gasteiger partial charge in [0.2, 0.25) is 0 Å². The van der Waals surface area contributed by atoms with Gasteiger partial charge in [-0.05, 0) is 17.5 Å². The van der Waals surface area contributed by atoms with Crippen LogP contribution in [-0.4, -0.2) is 15.6 Å². The highest BCUT2D eigenvalue weighted by Gasteiger charge is 2.25. The van der Waals surface area contributed by atoms with Crippen LogP contribution in [0.2, 0.25) is 0 Å². The summed E-state index contributed by atoms with van der Waals surface area (Å²) in [6, 6.07) is 9.56. The first-order chi connectivity index (χ1) is 9.15. The summed E-state index contributed by atoms with van der Waals surface area (Å²) in [6.07, 6.45) is 4.08. The number of hydrogen-bond acceptors (Lipinski definition) is 2. The summed E-state index contributed by atoms with van der Waals surface area (Å²) in [5, 5.41) is 8.94. The monoisotopic (exact) mass is 255 g/mol. The normalized spacial score (nSPS) is 16.5. The molecule has 4 heteroatoms. The zero-order chi connectivity index (χ0) is 13.4. The van der Waals surface area contributed by atoms with Crippen LogP contribution in [0.4, 0.5) is 0 Å². The zero-order valence-corrected chi connectivity index (χ0v) is 10.2. The predicted octanol–water partition coefficient (Wildman–Crippen LogP) is 1.89. The van der Waals surface area contributed by atoms with Gasteiger partial charge < -0.3 is 9.67 Å². The molecule has 0 aliphatic heterocycles. The molecule has 1 aliphatic rings. The highest BCUT2D eigenvalue weighted by atomic mass is 16.4. The number of benzene rings is 1. The molecule has 0 bridgehead atoms. The standard InChI is InChI=1S/C15H13NO3/c17-14-5-6-16(9-13(14)15(18)19)8-11-7-10-3-1-2-4-12(10)11/h1-6,9,11H,7-8H2,(H,18,19). The summed E-state index contributed by atoms with van der Waals surface area (Å²) < 4.78 is 1.78. The largest absolute Gasteiger partial charge is 0.477 e. The molecule has 0 amide bonds. The Labute approximate surface area is 109 Å². The van der Waals surface area contributed by atoms with Gasteiger partial charge in [0.1, 0.15) is 5.56 Å². The first kappa shape index (κ1) is 11.7. The lowest BCUT2D eigenvalue weighted by molar-refractivity contribution is 0.0694. The van der Waals surface area contributed by atoms with Crippen molar-refractivity contribution in [3.8, 4) is 0 Å². The fourth-order valence-corrected chi connectivity index (χ4v) is 2.58. The molecule has 1 aliphatic carbocycles. The Hall–Kier alpha value is -2.36. The first-order valence-electron chi connectivity index (χ1n) is 6.16. The number of aromatic carboxylic acids is 1. The number of pyridine rings is 1. The first-order valence-corrected chi connectivity index (χ1v) is 6.16. The molecule has 0 spiro atoms. The molecule has 19 heavy (non-hydrogen) atoms. The molecule has 96 valence electrons. The minimum atomic E-state index is -1.17. The molecule has 1 heterocycles. The molecule has 3 rings (SSSR count). The number of rotatable bonds is 3. The van der Waals surface area contributed by atoms with Gasteiger partial charge in [-0.1, -0.05) is 24.3 Å². The van der Waals surface area contributed by atoms with E-state index in [-0.39, 0.29) is 5.56 Å². The summed E-state index contributed by atoms with van der Waals surface area (Å²) in [6.45, 7) is 0.706. The van der Waals surface area contributed by atoms with Crippen molar-refractivity contribution in [3.63, 3.8) is 0 Å². The zero-order valence-electron chi connectivity index (χ0n) is 10.2. The van der Waals surface area contributed by atoms with Gasteiger partial charge >= 0.3 is 5.97 Å². The second-order valence-electron chi connectivity index (χ2n) is 4.82. The maximum absolute atomic E-state index is 11.4. The second kappa shape index (κ2) is 4.39. The molecular weight excluding hydrogens is 242 g/mol. The van der Waals surface area contributed by atoms with Crippen molar-refractivity contribution in [3.05, 3.63) is 69.6 Å². The van der Waals surface area contributed by atoms with Crippen molar-refractivity contribution in [2.24, 2.45) is 0 Å².